The van der Waals surface area contributed by atoms with E-state index in [1.54, 1.807) is 0 Å². The summed E-state index contributed by atoms with van der Waals surface area (Å²) in [5, 5.41) is 13.1. The predicted octanol–water partition coefficient (Wildman–Crippen LogP) is 0.185. The first kappa shape index (κ1) is 11.1. The molecule has 0 unspecified atom stereocenters. The molecule has 0 aromatic carbocycles. The largest absolute Gasteiger partial charge is 0.491 e. The van der Waals surface area contributed by atoms with Crippen LogP contribution in [-0.2, 0) is 0 Å². The summed E-state index contributed by atoms with van der Waals surface area (Å²) in [5.41, 5.74) is 5.78. The number of nitrogens with two attached hydrogens (primary N) is 1. The average molecular weight is 237 g/mol. The van der Waals surface area contributed by atoms with Gasteiger partial charge in [0, 0.05) is 0 Å². The quantitative estimate of drug-likeness (QED) is 0.571. The number of ether oxygens (including phenoxy) is 2. The monoisotopic (exact) mass is 237 g/mol. The number of hydrogen-bond donors (Lipinski definition) is 2. The Bertz CT molecular complexity index is 593. The number of anilines is 1. The van der Waals surface area contributed by atoms with Crippen LogP contribution in [0.15, 0.2) is 17.1 Å². The maximum Gasteiger partial charge on any atom is 0.233 e. The zero-order valence-electron chi connectivity index (χ0n) is 9.30. The Balaban J connectivity index is 2.99. The fourth-order valence-corrected chi connectivity index (χ4v) is 1.69. The van der Waals surface area contributed by atoms with Crippen molar-refractivity contribution in [3.8, 4) is 22.8 Å². The summed E-state index contributed by atoms with van der Waals surface area (Å²) in [6.45, 7) is 0. The van der Waals surface area contributed by atoms with E-state index in [4.69, 9.17) is 15.2 Å². The van der Waals surface area contributed by atoms with Gasteiger partial charge in [0.15, 0.2) is 5.75 Å². The number of nitrogen functional groups attached to an aromatic ring is 1. The minimum Gasteiger partial charge on any atom is -0.491 e. The lowest BCUT2D eigenvalue weighted by atomic mass is 10.1. The Morgan fingerprint density at radius 3 is 2.59 bits per heavy atom. The maximum absolute atomic E-state index is 12.0. The van der Waals surface area contributed by atoms with E-state index in [2.05, 4.69) is 5.10 Å². The Morgan fingerprint density at radius 2 is 2.00 bits per heavy atom. The first-order valence-electron chi connectivity index (χ1n) is 4.72. The van der Waals surface area contributed by atoms with Crippen LogP contribution in [0.2, 0.25) is 0 Å². The van der Waals surface area contributed by atoms with E-state index in [-0.39, 0.29) is 28.4 Å². The van der Waals surface area contributed by atoms with Crippen molar-refractivity contribution in [1.82, 2.24) is 9.94 Å². The second-order valence-corrected chi connectivity index (χ2v) is 3.29. The number of aromatic nitrogens is 2. The number of hydrogen-bond acceptors (Lipinski definition) is 6. The normalized spacial score (nSPS) is 10.5. The summed E-state index contributed by atoms with van der Waals surface area (Å²) in [4.78, 5) is 12.6. The number of benzene rings is 1. The van der Waals surface area contributed by atoms with E-state index < -0.39 is 5.43 Å². The molecule has 0 aromatic heterocycles. The van der Waals surface area contributed by atoms with Crippen molar-refractivity contribution in [1.29, 1.82) is 0 Å². The molecule has 7 heteroatoms. The smallest absolute Gasteiger partial charge is 0.233 e. The third-order valence-electron chi connectivity index (χ3n) is 2.44. The standard InChI is InChI=1S/C10H11N3O4/c1-16-9-6(11)7-5(3-4-12-13(7)15)8(14)10(9)17-2/h3-4,15H,11H2,1-2H3. The minimum atomic E-state index is -0.418. The molecule has 0 spiro atoms. The molecule has 2 rings (SSSR count). The second-order valence-electron chi connectivity index (χ2n) is 3.29. The highest BCUT2D eigenvalue weighted by atomic mass is 16.5. The first-order valence-corrected chi connectivity index (χ1v) is 4.72. The second kappa shape index (κ2) is 3.85. The molecule has 3 N–H and O–H groups in total. The van der Waals surface area contributed by atoms with Gasteiger partial charge in [0.1, 0.15) is 11.4 Å². The molecule has 90 valence electrons. The Labute approximate surface area is 96.3 Å². The van der Waals surface area contributed by atoms with Crippen LogP contribution in [0, 0.1) is 0 Å². The van der Waals surface area contributed by atoms with Gasteiger partial charge in [-0.1, -0.05) is 4.85 Å². The summed E-state index contributed by atoms with van der Waals surface area (Å²) in [5.74, 6) is 0.0875. The topological polar surface area (TPSA) is 99.6 Å². The summed E-state index contributed by atoms with van der Waals surface area (Å²) in [7, 11) is 2.70. The molecule has 0 fully saturated rings. The van der Waals surface area contributed by atoms with Crippen molar-refractivity contribution in [3.63, 3.8) is 0 Å². The maximum atomic E-state index is 12.0. The zero-order valence-corrected chi connectivity index (χ0v) is 9.30. The van der Waals surface area contributed by atoms with E-state index >= 15 is 0 Å². The molecular weight excluding hydrogens is 226 g/mol. The van der Waals surface area contributed by atoms with Gasteiger partial charge in [-0.2, -0.15) is 0 Å². The highest BCUT2D eigenvalue weighted by molar-refractivity contribution is 5.82. The van der Waals surface area contributed by atoms with Crippen LogP contribution in [0.1, 0.15) is 0 Å². The third-order valence-corrected chi connectivity index (χ3v) is 2.44. The molecule has 2 aliphatic rings. The van der Waals surface area contributed by atoms with Gasteiger partial charge in [0.25, 0.3) is 0 Å². The number of fused-ring (bicyclic) bond motifs is 1. The summed E-state index contributed by atoms with van der Waals surface area (Å²) in [6.07, 6.45) is 1.29. The first-order chi connectivity index (χ1) is 8.11. The van der Waals surface area contributed by atoms with Gasteiger partial charge in [0.05, 0.1) is 26.0 Å². The molecule has 0 radical (unpaired) electrons. The lowest BCUT2D eigenvalue weighted by Gasteiger charge is -2.16. The van der Waals surface area contributed by atoms with Gasteiger partial charge in [-0.05, 0) is 6.07 Å². The molecule has 0 atom stereocenters. The highest BCUT2D eigenvalue weighted by Crippen LogP contribution is 2.38. The van der Waals surface area contributed by atoms with Crippen molar-refractivity contribution < 1.29 is 14.7 Å². The third kappa shape index (κ3) is 1.43. The van der Waals surface area contributed by atoms with Crippen LogP contribution in [0.3, 0.4) is 0 Å². The van der Waals surface area contributed by atoms with E-state index in [1.807, 2.05) is 0 Å². The molecule has 0 amide bonds. The average Bonchev–Trinajstić information content (AvgIpc) is 2.33. The SMILES string of the molecule is COc1c(N)c2n(O)nccc-2c(=O)c1OC. The molecule has 0 saturated carbocycles. The minimum absolute atomic E-state index is 0.00343. The van der Waals surface area contributed by atoms with Crippen LogP contribution in [-0.4, -0.2) is 29.4 Å². The molecule has 0 saturated heterocycles. The van der Waals surface area contributed by atoms with Crippen LogP contribution >= 0.6 is 0 Å². The fourth-order valence-electron chi connectivity index (χ4n) is 1.69. The molecule has 1 aliphatic carbocycles. The number of methoxy groups -OCH3 is 2. The zero-order chi connectivity index (χ0) is 12.6. The molecule has 1 heterocycles. The van der Waals surface area contributed by atoms with Gasteiger partial charge in [-0.25, -0.2) is 0 Å². The summed E-state index contributed by atoms with van der Waals surface area (Å²) < 4.78 is 9.98. The molecular formula is C10H11N3O4. The summed E-state index contributed by atoms with van der Waals surface area (Å²) in [6, 6.07) is 1.45. The Hall–Kier alpha value is -2.44. The lowest BCUT2D eigenvalue weighted by molar-refractivity contribution is 0.149. The molecule has 7 nitrogen and oxygen atoms in total. The lowest BCUT2D eigenvalue weighted by Crippen LogP contribution is -2.18. The molecule has 0 bridgehead atoms. The van der Waals surface area contributed by atoms with Crippen molar-refractivity contribution in [2.24, 2.45) is 0 Å². The van der Waals surface area contributed by atoms with Crippen LogP contribution in [0.4, 0.5) is 5.69 Å². The summed E-state index contributed by atoms with van der Waals surface area (Å²) >= 11 is 0. The van der Waals surface area contributed by atoms with Gasteiger partial charge >= 0.3 is 0 Å². The molecule has 0 aromatic rings. The molecule has 1 aliphatic heterocycles. The Morgan fingerprint density at radius 1 is 1.35 bits per heavy atom. The molecule has 17 heavy (non-hydrogen) atoms. The Kier molecular flexibility index (Phi) is 2.51. The van der Waals surface area contributed by atoms with Gasteiger partial charge < -0.3 is 20.4 Å². The van der Waals surface area contributed by atoms with E-state index in [0.717, 1.165) is 0 Å². The van der Waals surface area contributed by atoms with Crippen LogP contribution in [0.5, 0.6) is 11.5 Å². The van der Waals surface area contributed by atoms with E-state index in [0.29, 0.717) is 4.85 Å². The van der Waals surface area contributed by atoms with Crippen LogP contribution in [0.25, 0.3) is 11.3 Å². The highest BCUT2D eigenvalue weighted by Gasteiger charge is 2.24. The number of nitrogens with zero attached hydrogens (tertiary/aromatic N) is 2. The van der Waals surface area contributed by atoms with Gasteiger partial charge in [0.2, 0.25) is 11.2 Å². The van der Waals surface area contributed by atoms with E-state index in [1.165, 1.54) is 26.5 Å². The van der Waals surface area contributed by atoms with Gasteiger partial charge in [-0.3, -0.25) is 4.79 Å². The van der Waals surface area contributed by atoms with Crippen molar-refractivity contribution in [2.45, 2.75) is 0 Å². The van der Waals surface area contributed by atoms with E-state index in [9.17, 15) is 10.0 Å². The fraction of sp³-hybridized carbons (Fsp3) is 0.200. The van der Waals surface area contributed by atoms with Crippen molar-refractivity contribution in [2.75, 3.05) is 20.0 Å². The number of rotatable bonds is 2. The van der Waals surface area contributed by atoms with Crippen LogP contribution < -0.4 is 20.6 Å². The van der Waals surface area contributed by atoms with Gasteiger partial charge in [-0.15, -0.1) is 5.10 Å². The van der Waals surface area contributed by atoms with Crippen molar-refractivity contribution in [3.05, 3.63) is 22.5 Å². The predicted molar refractivity (Wildman–Crippen MR) is 59.8 cm³/mol. The van der Waals surface area contributed by atoms with Crippen molar-refractivity contribution >= 4 is 5.69 Å².